The highest BCUT2D eigenvalue weighted by Crippen LogP contribution is 2.20. The second kappa shape index (κ2) is 9.20. The second-order valence-corrected chi connectivity index (χ2v) is 8.02. The Morgan fingerprint density at radius 3 is 2.39 bits per heavy atom. The molecular formula is C23H29N3OS. The lowest BCUT2D eigenvalue weighted by Crippen LogP contribution is -2.35. The average molecular weight is 396 g/mol. The van der Waals surface area contributed by atoms with Crippen LogP contribution in [-0.4, -0.2) is 29.0 Å². The van der Waals surface area contributed by atoms with Crippen molar-refractivity contribution < 1.29 is 4.79 Å². The first-order valence-electron chi connectivity index (χ1n) is 9.98. The highest BCUT2D eigenvalue weighted by atomic mass is 32.1. The standard InChI is InChI=1S/C23H29N3OS/c1-16-7-8-17(2)21(15-16)18(3)24-23(28)25-20-11-9-19(10-12-20)22(27)26-13-5-4-6-14-26/h7-12,15,18H,4-6,13-14H2,1-3H3,(H2,24,25,28)/t18-/m1/s1. The molecule has 0 bridgehead atoms. The summed E-state index contributed by atoms with van der Waals surface area (Å²) in [4.78, 5) is 14.5. The van der Waals surface area contributed by atoms with E-state index in [1.807, 2.05) is 29.2 Å². The molecule has 1 heterocycles. The number of carbonyl (C=O) groups excluding carboxylic acids is 1. The molecule has 1 fully saturated rings. The zero-order chi connectivity index (χ0) is 20.1. The van der Waals surface area contributed by atoms with Gasteiger partial charge >= 0.3 is 0 Å². The van der Waals surface area contributed by atoms with Gasteiger partial charge in [-0.3, -0.25) is 4.79 Å². The van der Waals surface area contributed by atoms with Crippen molar-refractivity contribution >= 4 is 28.9 Å². The number of benzene rings is 2. The molecular weight excluding hydrogens is 366 g/mol. The number of carbonyl (C=O) groups is 1. The fourth-order valence-electron chi connectivity index (χ4n) is 3.64. The van der Waals surface area contributed by atoms with Crippen molar-refractivity contribution in [2.75, 3.05) is 18.4 Å². The summed E-state index contributed by atoms with van der Waals surface area (Å²) in [6.45, 7) is 8.04. The molecule has 1 amide bonds. The molecule has 1 aliphatic heterocycles. The Bertz CT molecular complexity index is 841. The molecule has 0 radical (unpaired) electrons. The van der Waals surface area contributed by atoms with Gasteiger partial charge in [-0.05, 0) is 87.6 Å². The van der Waals surface area contributed by atoms with E-state index in [0.717, 1.165) is 37.2 Å². The molecule has 0 saturated carbocycles. The van der Waals surface area contributed by atoms with Gasteiger partial charge in [-0.2, -0.15) is 0 Å². The SMILES string of the molecule is Cc1ccc(C)c([C@@H](C)NC(=S)Nc2ccc(C(=O)N3CCCCC3)cc2)c1. The Morgan fingerprint density at radius 2 is 1.71 bits per heavy atom. The number of aryl methyl sites for hydroxylation is 2. The van der Waals surface area contributed by atoms with E-state index in [0.29, 0.717) is 5.11 Å². The fourth-order valence-corrected chi connectivity index (χ4v) is 3.94. The van der Waals surface area contributed by atoms with Crippen LogP contribution >= 0.6 is 12.2 Å². The van der Waals surface area contributed by atoms with Crippen LogP contribution in [0.2, 0.25) is 0 Å². The quantitative estimate of drug-likeness (QED) is 0.717. The van der Waals surface area contributed by atoms with Gasteiger partial charge in [0, 0.05) is 24.3 Å². The largest absolute Gasteiger partial charge is 0.356 e. The number of likely N-dealkylation sites (tertiary alicyclic amines) is 1. The summed E-state index contributed by atoms with van der Waals surface area (Å²) < 4.78 is 0. The number of amides is 1. The average Bonchev–Trinajstić information content (AvgIpc) is 2.70. The van der Waals surface area contributed by atoms with E-state index < -0.39 is 0 Å². The van der Waals surface area contributed by atoms with Crippen molar-refractivity contribution in [3.05, 3.63) is 64.7 Å². The number of nitrogens with one attached hydrogen (secondary N) is 2. The number of hydrogen-bond acceptors (Lipinski definition) is 2. The molecule has 2 aromatic rings. The summed E-state index contributed by atoms with van der Waals surface area (Å²) in [6, 6.07) is 14.1. The van der Waals surface area contributed by atoms with Crippen molar-refractivity contribution in [2.24, 2.45) is 0 Å². The maximum absolute atomic E-state index is 12.6. The van der Waals surface area contributed by atoms with Crippen LogP contribution in [-0.2, 0) is 0 Å². The summed E-state index contributed by atoms with van der Waals surface area (Å²) in [6.07, 6.45) is 3.42. The van der Waals surface area contributed by atoms with E-state index in [-0.39, 0.29) is 11.9 Å². The minimum absolute atomic E-state index is 0.111. The minimum atomic E-state index is 0.111. The lowest BCUT2D eigenvalue weighted by molar-refractivity contribution is 0.0724. The molecule has 148 valence electrons. The predicted octanol–water partition coefficient (Wildman–Crippen LogP) is 4.98. The molecule has 1 aliphatic rings. The summed E-state index contributed by atoms with van der Waals surface area (Å²) in [5.74, 6) is 0.121. The molecule has 0 aromatic heterocycles. The topological polar surface area (TPSA) is 44.4 Å². The van der Waals surface area contributed by atoms with Gasteiger partial charge in [-0.1, -0.05) is 23.8 Å². The van der Waals surface area contributed by atoms with E-state index >= 15 is 0 Å². The van der Waals surface area contributed by atoms with Crippen LogP contribution in [0.4, 0.5) is 5.69 Å². The molecule has 28 heavy (non-hydrogen) atoms. The normalized spacial score (nSPS) is 15.0. The van der Waals surface area contributed by atoms with Crippen molar-refractivity contribution in [2.45, 2.75) is 46.1 Å². The van der Waals surface area contributed by atoms with E-state index in [9.17, 15) is 4.79 Å². The molecule has 1 atom stereocenters. The Morgan fingerprint density at radius 1 is 1.04 bits per heavy atom. The minimum Gasteiger partial charge on any atom is -0.356 e. The third-order valence-corrected chi connectivity index (χ3v) is 5.50. The summed E-state index contributed by atoms with van der Waals surface area (Å²) in [5.41, 5.74) is 5.33. The van der Waals surface area contributed by atoms with Crippen molar-refractivity contribution in [1.82, 2.24) is 10.2 Å². The molecule has 4 nitrogen and oxygen atoms in total. The van der Waals surface area contributed by atoms with Crippen molar-refractivity contribution in [3.63, 3.8) is 0 Å². The molecule has 0 spiro atoms. The first-order chi connectivity index (χ1) is 13.4. The van der Waals surface area contributed by atoms with E-state index in [1.54, 1.807) is 0 Å². The zero-order valence-corrected chi connectivity index (χ0v) is 17.7. The number of nitrogens with zero attached hydrogens (tertiary/aromatic N) is 1. The van der Waals surface area contributed by atoms with Gasteiger partial charge in [0.05, 0.1) is 6.04 Å². The van der Waals surface area contributed by atoms with Crippen LogP contribution in [0.5, 0.6) is 0 Å². The first-order valence-corrected chi connectivity index (χ1v) is 10.4. The molecule has 0 unspecified atom stereocenters. The predicted molar refractivity (Wildman–Crippen MR) is 120 cm³/mol. The Hall–Kier alpha value is -2.40. The van der Waals surface area contributed by atoms with Gasteiger partial charge in [-0.15, -0.1) is 0 Å². The van der Waals surface area contributed by atoms with Crippen LogP contribution in [0.1, 0.15) is 59.3 Å². The van der Waals surface area contributed by atoms with Gasteiger partial charge in [0.1, 0.15) is 0 Å². The van der Waals surface area contributed by atoms with E-state index in [1.165, 1.54) is 23.1 Å². The number of hydrogen-bond donors (Lipinski definition) is 2. The summed E-state index contributed by atoms with van der Waals surface area (Å²) in [7, 11) is 0. The van der Waals surface area contributed by atoms with Crippen LogP contribution in [0, 0.1) is 13.8 Å². The van der Waals surface area contributed by atoms with Crippen LogP contribution in [0.3, 0.4) is 0 Å². The number of anilines is 1. The highest BCUT2D eigenvalue weighted by molar-refractivity contribution is 7.80. The third-order valence-electron chi connectivity index (χ3n) is 5.28. The van der Waals surface area contributed by atoms with Gasteiger partial charge in [0.2, 0.25) is 0 Å². The van der Waals surface area contributed by atoms with Gasteiger partial charge in [0.15, 0.2) is 5.11 Å². The van der Waals surface area contributed by atoms with Crippen molar-refractivity contribution in [3.8, 4) is 0 Å². The van der Waals surface area contributed by atoms with Gasteiger partial charge in [0.25, 0.3) is 5.91 Å². The lowest BCUT2D eigenvalue weighted by atomic mass is 10.0. The Balaban J connectivity index is 1.58. The number of rotatable bonds is 4. The highest BCUT2D eigenvalue weighted by Gasteiger charge is 2.18. The first kappa shape index (κ1) is 20.3. The monoisotopic (exact) mass is 395 g/mol. The molecule has 3 rings (SSSR count). The number of piperidine rings is 1. The summed E-state index contributed by atoms with van der Waals surface area (Å²) >= 11 is 5.48. The zero-order valence-electron chi connectivity index (χ0n) is 16.9. The molecule has 2 N–H and O–H groups in total. The number of thiocarbonyl (C=S) groups is 1. The third kappa shape index (κ3) is 5.10. The van der Waals surface area contributed by atoms with Crippen LogP contribution < -0.4 is 10.6 Å². The molecule has 2 aromatic carbocycles. The Labute approximate surface area is 173 Å². The maximum Gasteiger partial charge on any atom is 0.253 e. The summed E-state index contributed by atoms with van der Waals surface area (Å²) in [5, 5.41) is 7.14. The van der Waals surface area contributed by atoms with Crippen LogP contribution in [0.15, 0.2) is 42.5 Å². The fraction of sp³-hybridized carbons (Fsp3) is 0.391. The smallest absolute Gasteiger partial charge is 0.253 e. The molecule has 1 saturated heterocycles. The van der Waals surface area contributed by atoms with Crippen molar-refractivity contribution in [1.29, 1.82) is 0 Å². The second-order valence-electron chi connectivity index (χ2n) is 7.61. The van der Waals surface area contributed by atoms with E-state index in [4.69, 9.17) is 12.2 Å². The van der Waals surface area contributed by atoms with Gasteiger partial charge in [-0.25, -0.2) is 0 Å². The Kier molecular flexibility index (Phi) is 6.68. The van der Waals surface area contributed by atoms with E-state index in [2.05, 4.69) is 49.6 Å². The lowest BCUT2D eigenvalue weighted by Gasteiger charge is -2.26. The maximum atomic E-state index is 12.6. The molecule has 0 aliphatic carbocycles. The molecule has 5 heteroatoms. The van der Waals surface area contributed by atoms with Gasteiger partial charge < -0.3 is 15.5 Å². The van der Waals surface area contributed by atoms with Crippen LogP contribution in [0.25, 0.3) is 0 Å².